The van der Waals surface area contributed by atoms with Crippen LogP contribution in [-0.4, -0.2) is 28.0 Å². The van der Waals surface area contributed by atoms with Gasteiger partial charge in [0.25, 0.3) is 0 Å². The molecule has 0 bridgehead atoms. The van der Waals surface area contributed by atoms with Crippen molar-refractivity contribution in [1.82, 2.24) is 20.8 Å². The van der Waals surface area contributed by atoms with Crippen LogP contribution in [0.25, 0.3) is 0 Å². The van der Waals surface area contributed by atoms with E-state index < -0.39 is 11.8 Å². The van der Waals surface area contributed by atoms with Crippen molar-refractivity contribution in [1.29, 1.82) is 0 Å². The van der Waals surface area contributed by atoms with Crippen LogP contribution in [-0.2, 0) is 30.7 Å². The lowest BCUT2D eigenvalue weighted by Crippen LogP contribution is -2.44. The summed E-state index contributed by atoms with van der Waals surface area (Å²) in [5.74, 6) is -2.75. The lowest BCUT2D eigenvalue weighted by molar-refractivity contribution is -0.150. The molecule has 1 amide bonds. The smallest absolute Gasteiger partial charge is 0.249 e. The number of aromatic nitrogens is 2. The van der Waals surface area contributed by atoms with Crippen molar-refractivity contribution >= 4 is 17.2 Å². The number of nitrogens with one attached hydrogen (secondary N) is 2. The number of hydrogen-bond acceptors (Lipinski definition) is 6. The van der Waals surface area contributed by atoms with Crippen LogP contribution in [0.15, 0.2) is 10.0 Å². The fraction of sp³-hybridized carbons (Fsp3) is 0.611. The Balaban J connectivity index is 1.31. The third-order valence-electron chi connectivity index (χ3n) is 5.41. The predicted molar refractivity (Wildman–Crippen MR) is 95.5 cm³/mol. The Bertz CT molecular complexity index is 827. The number of amides is 1. The van der Waals surface area contributed by atoms with Crippen LogP contribution in [0.1, 0.15) is 46.9 Å². The first kappa shape index (κ1) is 18.5. The van der Waals surface area contributed by atoms with E-state index in [-0.39, 0.29) is 25.3 Å². The molecule has 1 saturated carbocycles. The Kier molecular flexibility index (Phi) is 4.98. The van der Waals surface area contributed by atoms with Crippen LogP contribution in [0.2, 0.25) is 0 Å². The number of hydrogen-bond donors (Lipinski definition) is 2. The van der Waals surface area contributed by atoms with Crippen LogP contribution in [0.3, 0.4) is 0 Å². The van der Waals surface area contributed by atoms with Crippen LogP contribution in [0.5, 0.6) is 0 Å². The summed E-state index contributed by atoms with van der Waals surface area (Å²) < 4.78 is 31.2. The van der Waals surface area contributed by atoms with Gasteiger partial charge in [0.1, 0.15) is 11.5 Å². The molecular weight excluding hydrogens is 374 g/mol. The first-order valence-electron chi connectivity index (χ1n) is 9.15. The van der Waals surface area contributed by atoms with Crippen LogP contribution in [0, 0.1) is 12.8 Å². The molecule has 0 spiro atoms. The van der Waals surface area contributed by atoms with Gasteiger partial charge in [-0.1, -0.05) is 5.16 Å². The Morgan fingerprint density at radius 2 is 2.22 bits per heavy atom. The number of halogens is 2. The average molecular weight is 396 g/mol. The maximum absolute atomic E-state index is 12.9. The van der Waals surface area contributed by atoms with E-state index in [1.54, 1.807) is 11.3 Å². The van der Waals surface area contributed by atoms with E-state index in [1.165, 1.54) is 4.88 Å². The highest BCUT2D eigenvalue weighted by Crippen LogP contribution is 2.42. The SMILES string of the molecule is Cc1ncsc1CNC1CCc2onc(CNC(=O)C3CC(F)(F)C3)c2C1. The number of aryl methyl sites for hydroxylation is 2. The second-order valence-corrected chi connectivity index (χ2v) is 8.33. The van der Waals surface area contributed by atoms with Gasteiger partial charge in [-0.3, -0.25) is 4.79 Å². The highest BCUT2D eigenvalue weighted by atomic mass is 32.1. The van der Waals surface area contributed by atoms with Crippen LogP contribution in [0.4, 0.5) is 8.78 Å². The third kappa shape index (κ3) is 4.03. The largest absolute Gasteiger partial charge is 0.361 e. The molecule has 6 nitrogen and oxygen atoms in total. The molecule has 4 rings (SSSR count). The highest BCUT2D eigenvalue weighted by molar-refractivity contribution is 7.09. The average Bonchev–Trinajstić information content (AvgIpc) is 3.21. The Morgan fingerprint density at radius 1 is 1.41 bits per heavy atom. The van der Waals surface area contributed by atoms with Gasteiger partial charge >= 0.3 is 0 Å². The zero-order valence-corrected chi connectivity index (χ0v) is 15.9. The molecule has 2 N–H and O–H groups in total. The van der Waals surface area contributed by atoms with Gasteiger partial charge in [0.15, 0.2) is 0 Å². The first-order valence-corrected chi connectivity index (χ1v) is 10.0. The lowest BCUT2D eigenvalue weighted by Gasteiger charge is -2.33. The van der Waals surface area contributed by atoms with Gasteiger partial charge in [-0.15, -0.1) is 11.3 Å². The van der Waals surface area contributed by atoms with Gasteiger partial charge in [0, 0.05) is 48.2 Å². The number of rotatable bonds is 6. The van der Waals surface area contributed by atoms with E-state index in [9.17, 15) is 13.6 Å². The number of alkyl halides is 2. The molecule has 0 aromatic carbocycles. The van der Waals surface area contributed by atoms with Crippen molar-refractivity contribution in [3.63, 3.8) is 0 Å². The van der Waals surface area contributed by atoms with Crippen molar-refractivity contribution < 1.29 is 18.1 Å². The van der Waals surface area contributed by atoms with Crippen molar-refractivity contribution in [3.05, 3.63) is 33.1 Å². The molecule has 146 valence electrons. The normalized spacial score (nSPS) is 21.5. The maximum Gasteiger partial charge on any atom is 0.249 e. The monoisotopic (exact) mass is 396 g/mol. The minimum Gasteiger partial charge on any atom is -0.361 e. The van der Waals surface area contributed by atoms with Gasteiger partial charge in [0.2, 0.25) is 11.8 Å². The van der Waals surface area contributed by atoms with E-state index in [0.29, 0.717) is 11.7 Å². The molecule has 9 heteroatoms. The Labute approximate surface area is 159 Å². The fourth-order valence-corrected chi connectivity index (χ4v) is 4.40. The van der Waals surface area contributed by atoms with Crippen LogP contribution < -0.4 is 10.6 Å². The minimum absolute atomic E-state index is 0.223. The topological polar surface area (TPSA) is 80.1 Å². The standard InChI is InChI=1S/C18H22F2N4O2S/c1-10-16(27-9-23-10)8-21-12-2-3-15-13(4-12)14(24-26-15)7-22-17(25)11-5-18(19,20)6-11/h9,11-12,21H,2-8H2,1H3,(H,22,25). The summed E-state index contributed by atoms with van der Waals surface area (Å²) in [6.07, 6.45) is 1.81. The maximum atomic E-state index is 12.9. The quantitative estimate of drug-likeness (QED) is 0.785. The predicted octanol–water partition coefficient (Wildman–Crippen LogP) is 2.75. The molecule has 1 unspecified atom stereocenters. The number of carbonyl (C=O) groups excluding carboxylic acids is 1. The summed E-state index contributed by atoms with van der Waals surface area (Å²) in [4.78, 5) is 17.5. The van der Waals surface area contributed by atoms with Crippen molar-refractivity contribution in [2.45, 2.75) is 64.1 Å². The summed E-state index contributed by atoms with van der Waals surface area (Å²) >= 11 is 1.64. The molecule has 0 aliphatic heterocycles. The molecule has 2 aromatic heterocycles. The van der Waals surface area contributed by atoms with Crippen LogP contribution >= 0.6 is 11.3 Å². The zero-order chi connectivity index (χ0) is 19.0. The second-order valence-electron chi connectivity index (χ2n) is 7.39. The van der Waals surface area contributed by atoms with E-state index in [2.05, 4.69) is 20.8 Å². The van der Waals surface area contributed by atoms with Gasteiger partial charge in [-0.05, 0) is 19.8 Å². The van der Waals surface area contributed by atoms with E-state index in [1.807, 2.05) is 12.4 Å². The number of thiazole rings is 1. The summed E-state index contributed by atoms with van der Waals surface area (Å²) in [6, 6.07) is 0.304. The molecular formula is C18H22F2N4O2S. The molecule has 2 aromatic rings. The number of nitrogens with zero attached hydrogens (tertiary/aromatic N) is 2. The number of carbonyl (C=O) groups is 1. The van der Waals surface area contributed by atoms with Crippen molar-refractivity contribution in [3.8, 4) is 0 Å². The van der Waals surface area contributed by atoms with Gasteiger partial charge in [0.05, 0.1) is 17.7 Å². The second kappa shape index (κ2) is 7.27. The molecule has 2 aliphatic rings. The summed E-state index contributed by atoms with van der Waals surface area (Å²) in [7, 11) is 0. The van der Waals surface area contributed by atoms with Crippen molar-refractivity contribution in [2.24, 2.45) is 5.92 Å². The zero-order valence-electron chi connectivity index (χ0n) is 15.1. The number of fused-ring (bicyclic) bond motifs is 1. The summed E-state index contributed by atoms with van der Waals surface area (Å²) in [6.45, 7) is 3.01. The molecule has 1 fully saturated rings. The molecule has 27 heavy (non-hydrogen) atoms. The Hall–Kier alpha value is -1.87. The Morgan fingerprint density at radius 3 is 2.93 bits per heavy atom. The van der Waals surface area contributed by atoms with Gasteiger partial charge in [-0.25, -0.2) is 13.8 Å². The van der Waals surface area contributed by atoms with E-state index in [0.717, 1.165) is 42.8 Å². The summed E-state index contributed by atoms with van der Waals surface area (Å²) in [5.41, 5.74) is 4.63. The van der Waals surface area contributed by atoms with Gasteiger partial charge in [-0.2, -0.15) is 0 Å². The first-order chi connectivity index (χ1) is 12.9. The molecule has 2 heterocycles. The molecule has 2 aliphatic carbocycles. The van der Waals surface area contributed by atoms with E-state index >= 15 is 0 Å². The minimum atomic E-state index is -2.69. The lowest BCUT2D eigenvalue weighted by atomic mass is 9.81. The van der Waals surface area contributed by atoms with Crippen molar-refractivity contribution in [2.75, 3.05) is 0 Å². The van der Waals surface area contributed by atoms with Gasteiger partial charge < -0.3 is 15.2 Å². The summed E-state index contributed by atoms with van der Waals surface area (Å²) in [5, 5.41) is 10.4. The third-order valence-corrected chi connectivity index (χ3v) is 6.34. The molecule has 1 atom stereocenters. The molecule has 0 radical (unpaired) electrons. The fourth-order valence-electron chi connectivity index (χ4n) is 3.67. The van der Waals surface area contributed by atoms with E-state index in [4.69, 9.17) is 4.52 Å². The highest BCUT2D eigenvalue weighted by Gasteiger charge is 2.48. The molecule has 0 saturated heterocycles.